The van der Waals surface area contributed by atoms with E-state index in [-0.39, 0.29) is 5.56 Å². The molecule has 0 heterocycles. The van der Waals surface area contributed by atoms with E-state index in [9.17, 15) is 24.6 Å². The van der Waals surface area contributed by atoms with Crippen LogP contribution in [0.5, 0.6) is 17.2 Å². The van der Waals surface area contributed by atoms with Crippen LogP contribution >= 0.6 is 0 Å². The zero-order valence-electron chi connectivity index (χ0n) is 40.1. The third-order valence-electron chi connectivity index (χ3n) is 12.3. The monoisotopic (exact) mass is 976 g/mol. The first-order valence-electron chi connectivity index (χ1n) is 24.1. The van der Waals surface area contributed by atoms with E-state index in [0.29, 0.717) is 73.9 Å². The highest BCUT2D eigenvalue weighted by atomic mass is 16.6. The quantitative estimate of drug-likeness (QED) is 0.0891. The second-order valence-electron chi connectivity index (χ2n) is 17.6. The Hall–Kier alpha value is -8.51. The molecular formula is C62H56O11. The molecule has 0 aliphatic heterocycles. The highest BCUT2D eigenvalue weighted by Gasteiger charge is 2.35. The zero-order valence-corrected chi connectivity index (χ0v) is 40.1. The van der Waals surface area contributed by atoms with Crippen molar-refractivity contribution in [2.24, 2.45) is 0 Å². The van der Waals surface area contributed by atoms with Crippen LogP contribution in [-0.2, 0) is 55.0 Å². The van der Waals surface area contributed by atoms with Crippen molar-refractivity contribution in [3.63, 3.8) is 0 Å². The number of carbonyl (C=O) groups excluding carboxylic acids is 2. The summed E-state index contributed by atoms with van der Waals surface area (Å²) in [6.45, 7) is 1.35. The Morgan fingerprint density at radius 2 is 0.630 bits per heavy atom. The molecule has 2 aliphatic rings. The van der Waals surface area contributed by atoms with Crippen molar-refractivity contribution in [1.82, 2.24) is 0 Å². The van der Waals surface area contributed by atoms with Crippen molar-refractivity contribution < 1.29 is 53.4 Å². The number of carboxylic acid groups (broad SMARTS) is 1. The van der Waals surface area contributed by atoms with E-state index >= 15 is 0 Å². The Labute approximate surface area is 424 Å². The molecule has 11 heteroatoms. The molecule has 11 nitrogen and oxygen atoms in total. The number of carbonyl (C=O) groups is 3. The Kier molecular flexibility index (Phi) is 17.8. The van der Waals surface area contributed by atoms with E-state index in [1.807, 2.05) is 140 Å². The van der Waals surface area contributed by atoms with Crippen LogP contribution in [0.1, 0.15) is 70.0 Å². The fraction of sp³-hybridized carbons (Fsp3) is 0.177. The first-order chi connectivity index (χ1) is 35.6. The van der Waals surface area contributed by atoms with Crippen LogP contribution in [0.25, 0.3) is 0 Å². The first-order valence-corrected chi connectivity index (χ1v) is 24.1. The molecule has 73 heavy (non-hydrogen) atoms. The van der Waals surface area contributed by atoms with Gasteiger partial charge in [0.15, 0.2) is 0 Å². The van der Waals surface area contributed by atoms with E-state index in [1.165, 1.54) is 12.1 Å². The maximum atomic E-state index is 13.2. The molecule has 0 radical (unpaired) electrons. The molecule has 0 saturated heterocycles. The molecule has 0 spiro atoms. The number of carboxylic acids is 1. The lowest BCUT2D eigenvalue weighted by Crippen LogP contribution is -2.41. The fourth-order valence-corrected chi connectivity index (χ4v) is 8.27. The molecule has 0 aromatic heterocycles. The summed E-state index contributed by atoms with van der Waals surface area (Å²) in [6, 6.07) is 65.5. The number of fused-ring (bicyclic) bond motifs is 2. The van der Waals surface area contributed by atoms with Crippen LogP contribution in [0, 0.1) is 0 Å². The molecule has 370 valence electrons. The zero-order chi connectivity index (χ0) is 50.8. The Morgan fingerprint density at radius 3 is 0.932 bits per heavy atom. The summed E-state index contributed by atoms with van der Waals surface area (Å²) < 4.78 is 29.2. The molecule has 8 aromatic rings. The molecule has 3 N–H and O–H groups in total. The minimum atomic E-state index is -0.931. The van der Waals surface area contributed by atoms with Crippen molar-refractivity contribution in [3.8, 4) is 17.2 Å². The molecule has 0 bridgehead atoms. The summed E-state index contributed by atoms with van der Waals surface area (Å²) in [5.41, 5.74) is 8.71. The van der Waals surface area contributed by atoms with Crippen LogP contribution in [0.4, 0.5) is 0 Å². The van der Waals surface area contributed by atoms with Crippen molar-refractivity contribution in [3.05, 3.63) is 268 Å². The predicted octanol–water partition coefficient (Wildman–Crippen LogP) is 10.9. The summed E-state index contributed by atoms with van der Waals surface area (Å²) in [4.78, 5) is 37.1. The van der Waals surface area contributed by atoms with Crippen molar-refractivity contribution in [1.29, 1.82) is 0 Å². The Morgan fingerprint density at radius 1 is 0.356 bits per heavy atom. The number of esters is 2. The average Bonchev–Trinajstić information content (AvgIpc) is 3.43. The van der Waals surface area contributed by atoms with Gasteiger partial charge in [-0.3, -0.25) is 0 Å². The molecule has 0 fully saturated rings. The van der Waals surface area contributed by atoms with Gasteiger partial charge in [0.2, 0.25) is 0 Å². The minimum Gasteiger partial charge on any atom is -0.489 e. The van der Waals surface area contributed by atoms with Gasteiger partial charge in [0.1, 0.15) is 49.3 Å². The van der Waals surface area contributed by atoms with Crippen LogP contribution in [-0.4, -0.2) is 57.6 Å². The normalized spacial score (nSPS) is 16.2. The smallest absolute Gasteiger partial charge is 0.338 e. The molecular weight excluding hydrogens is 921 g/mol. The summed E-state index contributed by atoms with van der Waals surface area (Å²) in [7, 11) is 0. The molecule has 2 aliphatic carbocycles. The number of hydrogen-bond donors (Lipinski definition) is 3. The highest BCUT2D eigenvalue weighted by Crippen LogP contribution is 2.28. The number of ether oxygens (including phenoxy) is 5. The van der Waals surface area contributed by atoms with E-state index in [0.717, 1.165) is 38.9 Å². The lowest BCUT2D eigenvalue weighted by Gasteiger charge is -2.32. The molecule has 10 rings (SSSR count). The van der Waals surface area contributed by atoms with Crippen molar-refractivity contribution >= 4 is 17.9 Å². The number of aromatic carboxylic acids is 1. The summed E-state index contributed by atoms with van der Waals surface area (Å²) in [5.74, 6) is 0.0777. The largest absolute Gasteiger partial charge is 0.489 e. The summed E-state index contributed by atoms with van der Waals surface area (Å²) in [6.07, 6.45) is -0.379. The van der Waals surface area contributed by atoms with Gasteiger partial charge < -0.3 is 39.0 Å². The van der Waals surface area contributed by atoms with Crippen molar-refractivity contribution in [2.45, 2.75) is 69.9 Å². The first kappa shape index (κ1) is 50.9. The fourth-order valence-electron chi connectivity index (χ4n) is 8.27. The number of benzene rings is 8. The van der Waals surface area contributed by atoms with Gasteiger partial charge in [-0.05, 0) is 112 Å². The SMILES string of the molecule is O=C(O)c1ccc(OCc2ccccc2)cc1.O=C(O[C@H]1Cc2ccccc2C[C@H]1OC(=O)c1ccc(OCc2ccccc2)cc1)c1ccc(OCc2ccccc2)cc1.O[C@@H]1Cc2ccccc2C[C@@H]1O. The Bertz CT molecular complexity index is 2840. The minimum absolute atomic E-state index is 0.261. The van der Waals surface area contributed by atoms with Crippen LogP contribution in [0.15, 0.2) is 212 Å². The van der Waals surface area contributed by atoms with E-state index in [1.54, 1.807) is 60.7 Å². The second kappa shape index (κ2) is 25.6. The molecule has 0 amide bonds. The predicted molar refractivity (Wildman–Crippen MR) is 277 cm³/mol. The Balaban J connectivity index is 0.000000198. The number of aliphatic hydroxyl groups excluding tert-OH is 2. The number of hydrogen-bond acceptors (Lipinski definition) is 10. The third-order valence-corrected chi connectivity index (χ3v) is 12.3. The lowest BCUT2D eigenvalue weighted by molar-refractivity contribution is -0.0389. The van der Waals surface area contributed by atoms with E-state index < -0.39 is 42.3 Å². The maximum absolute atomic E-state index is 13.2. The summed E-state index contributed by atoms with van der Waals surface area (Å²) in [5, 5.41) is 27.5. The van der Waals surface area contributed by atoms with Gasteiger partial charge in [-0.1, -0.05) is 140 Å². The highest BCUT2D eigenvalue weighted by molar-refractivity contribution is 5.91. The number of aliphatic hydroxyl groups is 2. The molecule has 4 atom stereocenters. The van der Waals surface area contributed by atoms with Gasteiger partial charge in [-0.25, -0.2) is 14.4 Å². The molecule has 8 aromatic carbocycles. The lowest BCUT2D eigenvalue weighted by atomic mass is 9.87. The number of rotatable bonds is 14. The van der Waals surface area contributed by atoms with Gasteiger partial charge in [-0.2, -0.15) is 0 Å². The van der Waals surface area contributed by atoms with Crippen LogP contribution in [0.3, 0.4) is 0 Å². The summed E-state index contributed by atoms with van der Waals surface area (Å²) >= 11 is 0. The average molecular weight is 977 g/mol. The van der Waals surface area contributed by atoms with Gasteiger partial charge in [-0.15, -0.1) is 0 Å². The van der Waals surface area contributed by atoms with Gasteiger partial charge in [0.25, 0.3) is 0 Å². The van der Waals surface area contributed by atoms with Crippen molar-refractivity contribution in [2.75, 3.05) is 0 Å². The standard InChI is InChI=1S/C38H32O6.C14H12O3.C10H12O2/c39-37(29-15-19-33(20-16-29)41-25-27-9-3-1-4-10-27)43-35-23-31-13-7-8-14-32(31)24-36(35)44-38(40)30-17-21-34(22-18-30)42-26-28-11-5-2-6-12-28;15-14(16)12-6-8-13(9-7-12)17-10-11-4-2-1-3-5-11;11-9-5-7-3-1-2-4-8(7)6-10(9)12/h1-22,35-36H,23-26H2;1-9H,10H2,(H,15,16);1-4,9-12H,5-6H2/t35-,36+;;9-,10+. The van der Waals surface area contributed by atoms with Gasteiger partial charge >= 0.3 is 17.9 Å². The topological polar surface area (TPSA) is 158 Å². The van der Waals surface area contributed by atoms with E-state index in [4.69, 9.17) is 28.8 Å². The van der Waals surface area contributed by atoms with E-state index in [2.05, 4.69) is 0 Å². The van der Waals surface area contributed by atoms with Crippen LogP contribution < -0.4 is 14.2 Å². The molecule has 0 unspecified atom stereocenters. The van der Waals surface area contributed by atoms with Gasteiger partial charge in [0, 0.05) is 25.7 Å². The molecule has 0 saturated carbocycles. The maximum Gasteiger partial charge on any atom is 0.338 e. The van der Waals surface area contributed by atoms with Crippen LogP contribution in [0.2, 0.25) is 0 Å². The van der Waals surface area contributed by atoms with Gasteiger partial charge in [0.05, 0.1) is 28.9 Å². The second-order valence-corrected chi connectivity index (χ2v) is 17.6. The third kappa shape index (κ3) is 15.0.